The van der Waals surface area contributed by atoms with E-state index >= 15 is 0 Å². The normalized spacial score (nSPS) is 13.0. The summed E-state index contributed by atoms with van der Waals surface area (Å²) in [5.41, 5.74) is 2.49. The number of benzene rings is 2. The van der Waals surface area contributed by atoms with Crippen LogP contribution in [-0.2, 0) is 26.8 Å². The van der Waals surface area contributed by atoms with E-state index in [1.54, 1.807) is 24.3 Å². The third kappa shape index (κ3) is 5.97. The molecule has 0 aliphatic rings. The lowest BCUT2D eigenvalue weighted by Crippen LogP contribution is -2.32. The summed E-state index contributed by atoms with van der Waals surface area (Å²) >= 11 is 5.96. The Morgan fingerprint density at radius 1 is 1.15 bits per heavy atom. The number of aliphatic carboxylic acids is 1. The fraction of sp³-hybridized carbons (Fsp3) is 0.263. The van der Waals surface area contributed by atoms with Gasteiger partial charge in [-0.3, -0.25) is 13.8 Å². The van der Waals surface area contributed by atoms with Crippen molar-refractivity contribution in [2.45, 2.75) is 25.0 Å². The van der Waals surface area contributed by atoms with Gasteiger partial charge in [0.2, 0.25) is 5.91 Å². The van der Waals surface area contributed by atoms with Crippen LogP contribution in [0.25, 0.3) is 0 Å². The molecule has 0 aliphatic carbocycles. The van der Waals surface area contributed by atoms with Gasteiger partial charge in [-0.05, 0) is 37.5 Å². The quantitative estimate of drug-likeness (QED) is 0.719. The van der Waals surface area contributed by atoms with Gasteiger partial charge in [-0.15, -0.1) is 0 Å². The van der Waals surface area contributed by atoms with Crippen molar-refractivity contribution in [3.8, 4) is 0 Å². The first-order chi connectivity index (χ1) is 12.4. The average molecular weight is 394 g/mol. The van der Waals surface area contributed by atoms with Crippen LogP contribution in [0.5, 0.6) is 0 Å². The Labute approximate surface area is 159 Å². The highest BCUT2D eigenvalue weighted by atomic mass is 35.5. The topological polar surface area (TPSA) is 83.5 Å². The smallest absolute Gasteiger partial charge is 0.319 e. The minimum Gasteiger partial charge on any atom is -0.480 e. The summed E-state index contributed by atoms with van der Waals surface area (Å²) in [5.74, 6) is -2.09. The van der Waals surface area contributed by atoms with Crippen molar-refractivity contribution in [3.05, 3.63) is 64.7 Å². The van der Waals surface area contributed by atoms with Crippen LogP contribution in [0.2, 0.25) is 5.02 Å². The molecule has 0 heterocycles. The number of hydrogen-bond acceptors (Lipinski definition) is 3. The number of carbonyl (C=O) groups is 2. The summed E-state index contributed by atoms with van der Waals surface area (Å²) in [6, 6.07) is 14.4. The van der Waals surface area contributed by atoms with Gasteiger partial charge in [0.1, 0.15) is 11.0 Å². The first-order valence-corrected chi connectivity index (χ1v) is 9.82. The van der Waals surface area contributed by atoms with Gasteiger partial charge in [-0.2, -0.15) is 0 Å². The Balaban J connectivity index is 1.94. The number of hydrogen-bond donors (Lipinski definition) is 2. The number of para-hydroxylation sites is 1. The lowest BCUT2D eigenvalue weighted by molar-refractivity contribution is -0.136. The monoisotopic (exact) mass is 393 g/mol. The van der Waals surface area contributed by atoms with Crippen molar-refractivity contribution < 1.29 is 18.9 Å². The minimum absolute atomic E-state index is 0.199. The molecule has 0 aromatic heterocycles. The SMILES string of the molecule is Cc1ccc(CCC(C(=O)O)S(=O)CC(=O)Nc2ccccc2Cl)cc1. The van der Waals surface area contributed by atoms with Crippen molar-refractivity contribution in [2.75, 3.05) is 11.1 Å². The van der Waals surface area contributed by atoms with Crippen LogP contribution in [0.4, 0.5) is 5.69 Å². The van der Waals surface area contributed by atoms with Crippen LogP contribution < -0.4 is 5.32 Å². The van der Waals surface area contributed by atoms with E-state index in [4.69, 9.17) is 11.6 Å². The molecular formula is C19H20ClNO4S. The molecule has 0 saturated carbocycles. The van der Waals surface area contributed by atoms with Gasteiger partial charge in [-0.25, -0.2) is 0 Å². The van der Waals surface area contributed by atoms with Crippen LogP contribution in [0.15, 0.2) is 48.5 Å². The number of rotatable bonds is 8. The van der Waals surface area contributed by atoms with Crippen LogP contribution >= 0.6 is 11.6 Å². The average Bonchev–Trinajstić information content (AvgIpc) is 2.58. The van der Waals surface area contributed by atoms with E-state index in [-0.39, 0.29) is 6.42 Å². The molecule has 5 nitrogen and oxygen atoms in total. The maximum atomic E-state index is 12.4. The Kier molecular flexibility index (Phi) is 7.36. The molecule has 1 amide bonds. The van der Waals surface area contributed by atoms with Crippen LogP contribution in [-0.4, -0.2) is 32.2 Å². The maximum absolute atomic E-state index is 12.4. The summed E-state index contributed by atoms with van der Waals surface area (Å²) in [7, 11) is -1.83. The number of anilines is 1. The number of carboxylic acids is 1. The molecule has 2 N–H and O–H groups in total. The number of amides is 1. The van der Waals surface area contributed by atoms with E-state index in [9.17, 15) is 18.9 Å². The number of nitrogens with one attached hydrogen (secondary N) is 1. The standard InChI is InChI=1S/C19H20ClNO4S/c1-13-6-8-14(9-7-13)10-11-17(19(23)24)26(25)12-18(22)21-16-5-3-2-4-15(16)20/h2-9,17H,10-12H2,1H3,(H,21,22)(H,23,24). The summed E-state index contributed by atoms with van der Waals surface area (Å²) in [4.78, 5) is 23.5. The Morgan fingerprint density at radius 3 is 2.42 bits per heavy atom. The second-order valence-corrected chi connectivity index (χ2v) is 7.93. The van der Waals surface area contributed by atoms with Crippen molar-refractivity contribution in [1.82, 2.24) is 0 Å². The molecule has 2 aromatic carbocycles. The molecule has 7 heteroatoms. The molecule has 2 atom stereocenters. The van der Waals surface area contributed by atoms with Crippen LogP contribution in [0, 0.1) is 6.92 Å². The molecule has 0 fully saturated rings. The molecule has 0 saturated heterocycles. The third-order valence-electron chi connectivity index (χ3n) is 3.83. The first kappa shape index (κ1) is 20.1. The van der Waals surface area contributed by atoms with E-state index < -0.39 is 33.7 Å². The molecule has 26 heavy (non-hydrogen) atoms. The number of halogens is 1. The molecule has 138 valence electrons. The third-order valence-corrected chi connectivity index (χ3v) is 5.78. The Hall–Kier alpha value is -2.18. The maximum Gasteiger partial charge on any atom is 0.319 e. The largest absolute Gasteiger partial charge is 0.480 e. The van der Waals surface area contributed by atoms with Gasteiger partial charge in [-0.1, -0.05) is 53.6 Å². The van der Waals surface area contributed by atoms with Crippen molar-refractivity contribution in [1.29, 1.82) is 0 Å². The van der Waals surface area contributed by atoms with Gasteiger partial charge >= 0.3 is 5.97 Å². The molecule has 2 rings (SSSR count). The van der Waals surface area contributed by atoms with Gasteiger partial charge in [0, 0.05) is 10.8 Å². The second kappa shape index (κ2) is 9.50. The van der Waals surface area contributed by atoms with E-state index in [1.807, 2.05) is 31.2 Å². The second-order valence-electron chi connectivity index (χ2n) is 5.90. The fourth-order valence-corrected chi connectivity index (χ4v) is 3.72. The lowest BCUT2D eigenvalue weighted by Gasteiger charge is -2.13. The molecule has 2 unspecified atom stereocenters. The van der Waals surface area contributed by atoms with Gasteiger partial charge < -0.3 is 10.4 Å². The molecule has 0 radical (unpaired) electrons. The summed E-state index contributed by atoms with van der Waals surface area (Å²) in [5, 5.41) is 11.2. The number of carbonyl (C=O) groups excluding carboxylic acids is 1. The molecule has 0 spiro atoms. The van der Waals surface area contributed by atoms with Gasteiger partial charge in [0.25, 0.3) is 0 Å². The van der Waals surface area contributed by atoms with Crippen molar-refractivity contribution >= 4 is 40.0 Å². The van der Waals surface area contributed by atoms with E-state index in [2.05, 4.69) is 5.32 Å². The van der Waals surface area contributed by atoms with Gasteiger partial charge in [0.15, 0.2) is 0 Å². The molecule has 0 bridgehead atoms. The van der Waals surface area contributed by atoms with Gasteiger partial charge in [0.05, 0.1) is 10.7 Å². The molecule has 0 aliphatic heterocycles. The van der Waals surface area contributed by atoms with Crippen LogP contribution in [0.1, 0.15) is 17.5 Å². The number of aryl methyl sites for hydroxylation is 2. The lowest BCUT2D eigenvalue weighted by atomic mass is 10.1. The number of carboxylic acid groups (broad SMARTS) is 1. The van der Waals surface area contributed by atoms with E-state index in [1.165, 1.54) is 0 Å². The fourth-order valence-electron chi connectivity index (χ4n) is 2.40. The van der Waals surface area contributed by atoms with E-state index in [0.29, 0.717) is 17.1 Å². The van der Waals surface area contributed by atoms with E-state index in [0.717, 1.165) is 11.1 Å². The Bertz CT molecular complexity index is 807. The molecule has 2 aromatic rings. The Morgan fingerprint density at radius 2 is 1.81 bits per heavy atom. The predicted molar refractivity (Wildman–Crippen MR) is 104 cm³/mol. The predicted octanol–water partition coefficient (Wildman–Crippen LogP) is 3.42. The van der Waals surface area contributed by atoms with Crippen molar-refractivity contribution in [2.24, 2.45) is 0 Å². The zero-order valence-corrected chi connectivity index (χ0v) is 15.8. The zero-order valence-electron chi connectivity index (χ0n) is 14.3. The summed E-state index contributed by atoms with van der Waals surface area (Å²) in [6.07, 6.45) is 0.680. The molecular weight excluding hydrogens is 374 g/mol. The highest BCUT2D eigenvalue weighted by molar-refractivity contribution is 7.87. The zero-order chi connectivity index (χ0) is 19.1. The summed E-state index contributed by atoms with van der Waals surface area (Å²) in [6.45, 7) is 1.97. The summed E-state index contributed by atoms with van der Waals surface area (Å²) < 4.78 is 12.4. The highest BCUT2D eigenvalue weighted by Crippen LogP contribution is 2.20. The van der Waals surface area contributed by atoms with Crippen LogP contribution in [0.3, 0.4) is 0 Å². The first-order valence-electron chi connectivity index (χ1n) is 8.06. The van der Waals surface area contributed by atoms with Crippen molar-refractivity contribution in [3.63, 3.8) is 0 Å². The minimum atomic E-state index is -1.83. The highest BCUT2D eigenvalue weighted by Gasteiger charge is 2.26.